The van der Waals surface area contributed by atoms with Gasteiger partial charge in [-0.25, -0.2) is 19.2 Å². The molecule has 4 rings (SSSR count). The normalized spacial score (nSPS) is 17.4. The molecule has 2 aromatic heterocycles. The highest BCUT2D eigenvalue weighted by Crippen LogP contribution is 2.28. The van der Waals surface area contributed by atoms with Gasteiger partial charge in [0, 0.05) is 18.7 Å². The minimum atomic E-state index is -0.983. The van der Waals surface area contributed by atoms with Crippen LogP contribution in [0.15, 0.2) is 34.9 Å². The van der Waals surface area contributed by atoms with Gasteiger partial charge in [-0.1, -0.05) is 11.2 Å². The SMILES string of the molecule is COc1cc(CNC(=O)c2cc(-c3cc(CC4CCC(NC(=O)O)CC4)no3)nc(C)n2)ccc1F. The van der Waals surface area contributed by atoms with Crippen LogP contribution in [0, 0.1) is 18.7 Å². The Hall–Kier alpha value is -4.02. The van der Waals surface area contributed by atoms with E-state index in [0.29, 0.717) is 28.8 Å². The predicted molar refractivity (Wildman–Crippen MR) is 127 cm³/mol. The van der Waals surface area contributed by atoms with Gasteiger partial charge in [-0.15, -0.1) is 0 Å². The number of amides is 2. The van der Waals surface area contributed by atoms with Crippen molar-refractivity contribution in [3.8, 4) is 17.2 Å². The van der Waals surface area contributed by atoms with Gasteiger partial charge in [0.1, 0.15) is 17.2 Å². The average Bonchev–Trinajstić information content (AvgIpc) is 3.32. The summed E-state index contributed by atoms with van der Waals surface area (Å²) >= 11 is 0. The average molecular weight is 498 g/mol. The number of carbonyl (C=O) groups is 2. The monoisotopic (exact) mass is 497 g/mol. The molecule has 1 aliphatic rings. The lowest BCUT2D eigenvalue weighted by atomic mass is 9.83. The number of benzene rings is 1. The van der Waals surface area contributed by atoms with Crippen LogP contribution < -0.4 is 15.4 Å². The second-order valence-corrected chi connectivity index (χ2v) is 8.89. The second-order valence-electron chi connectivity index (χ2n) is 8.89. The molecular weight excluding hydrogens is 469 g/mol. The predicted octanol–water partition coefficient (Wildman–Crippen LogP) is 3.89. The molecule has 0 saturated heterocycles. The maximum atomic E-state index is 13.6. The van der Waals surface area contributed by atoms with Crippen LogP contribution in [0.4, 0.5) is 9.18 Å². The van der Waals surface area contributed by atoms with Crippen LogP contribution in [0.25, 0.3) is 11.5 Å². The van der Waals surface area contributed by atoms with Gasteiger partial charge in [-0.05, 0) is 68.7 Å². The third-order valence-electron chi connectivity index (χ3n) is 6.22. The summed E-state index contributed by atoms with van der Waals surface area (Å²) in [5, 5.41) is 18.4. The maximum absolute atomic E-state index is 13.6. The van der Waals surface area contributed by atoms with E-state index < -0.39 is 17.8 Å². The van der Waals surface area contributed by atoms with Gasteiger partial charge in [0.15, 0.2) is 17.3 Å². The molecule has 1 aromatic carbocycles. The van der Waals surface area contributed by atoms with Crippen molar-refractivity contribution in [2.45, 2.75) is 51.6 Å². The number of hydrogen-bond donors (Lipinski definition) is 3. The molecule has 0 radical (unpaired) electrons. The van der Waals surface area contributed by atoms with Crippen molar-refractivity contribution in [1.29, 1.82) is 0 Å². The van der Waals surface area contributed by atoms with E-state index >= 15 is 0 Å². The number of carboxylic acid groups (broad SMARTS) is 1. The van der Waals surface area contributed by atoms with Crippen molar-refractivity contribution >= 4 is 12.0 Å². The van der Waals surface area contributed by atoms with Crippen molar-refractivity contribution < 1.29 is 28.3 Å². The van der Waals surface area contributed by atoms with Gasteiger partial charge in [-0.3, -0.25) is 4.79 Å². The number of nitrogens with one attached hydrogen (secondary N) is 2. The fourth-order valence-corrected chi connectivity index (χ4v) is 4.41. The van der Waals surface area contributed by atoms with Crippen LogP contribution >= 0.6 is 0 Å². The number of ether oxygens (including phenoxy) is 1. The van der Waals surface area contributed by atoms with Crippen LogP contribution in [-0.2, 0) is 13.0 Å². The number of hydrogen-bond acceptors (Lipinski definition) is 7. The highest BCUT2D eigenvalue weighted by Gasteiger charge is 2.24. The zero-order valence-corrected chi connectivity index (χ0v) is 20.1. The first-order valence-electron chi connectivity index (χ1n) is 11.7. The Labute approximate surface area is 207 Å². The zero-order valence-electron chi connectivity index (χ0n) is 20.1. The number of methoxy groups -OCH3 is 1. The molecule has 3 N–H and O–H groups in total. The number of aromatic nitrogens is 3. The van der Waals surface area contributed by atoms with E-state index in [0.717, 1.165) is 37.8 Å². The Morgan fingerprint density at radius 1 is 1.17 bits per heavy atom. The lowest BCUT2D eigenvalue weighted by Crippen LogP contribution is -2.36. The summed E-state index contributed by atoms with van der Waals surface area (Å²) < 4.78 is 24.1. The molecule has 10 nitrogen and oxygen atoms in total. The van der Waals surface area contributed by atoms with Crippen molar-refractivity contribution in [3.63, 3.8) is 0 Å². The highest BCUT2D eigenvalue weighted by atomic mass is 19.1. The number of aryl methyl sites for hydroxylation is 1. The van der Waals surface area contributed by atoms with Gasteiger partial charge in [-0.2, -0.15) is 0 Å². The van der Waals surface area contributed by atoms with E-state index in [1.54, 1.807) is 19.1 Å². The Kier molecular flexibility index (Phi) is 7.77. The van der Waals surface area contributed by atoms with Gasteiger partial charge >= 0.3 is 6.09 Å². The molecule has 2 heterocycles. The molecule has 190 valence electrons. The molecule has 0 unspecified atom stereocenters. The van der Waals surface area contributed by atoms with Crippen molar-refractivity contribution in [3.05, 3.63) is 58.9 Å². The Balaban J connectivity index is 1.38. The largest absolute Gasteiger partial charge is 0.494 e. The molecular formula is C25H28FN5O5. The lowest BCUT2D eigenvalue weighted by molar-refractivity contribution is 0.0945. The first-order valence-corrected chi connectivity index (χ1v) is 11.7. The third-order valence-corrected chi connectivity index (χ3v) is 6.22. The van der Waals surface area contributed by atoms with E-state index in [4.69, 9.17) is 14.4 Å². The van der Waals surface area contributed by atoms with Crippen molar-refractivity contribution in [2.75, 3.05) is 7.11 Å². The summed E-state index contributed by atoms with van der Waals surface area (Å²) in [6.45, 7) is 1.86. The molecule has 1 fully saturated rings. The van der Waals surface area contributed by atoms with Gasteiger partial charge in [0.05, 0.1) is 12.8 Å². The lowest BCUT2D eigenvalue weighted by Gasteiger charge is -2.27. The third kappa shape index (κ3) is 6.35. The smallest absolute Gasteiger partial charge is 0.404 e. The fourth-order valence-electron chi connectivity index (χ4n) is 4.41. The van der Waals surface area contributed by atoms with E-state index in [1.807, 2.05) is 6.07 Å². The number of carbonyl (C=O) groups excluding carboxylic acids is 1. The molecule has 11 heteroatoms. The number of halogens is 1. The molecule has 36 heavy (non-hydrogen) atoms. The quantitative estimate of drug-likeness (QED) is 0.426. The molecule has 0 atom stereocenters. The summed E-state index contributed by atoms with van der Waals surface area (Å²) in [5.74, 6) is 0.466. The molecule has 0 spiro atoms. The van der Waals surface area contributed by atoms with Crippen molar-refractivity contribution in [1.82, 2.24) is 25.8 Å². The zero-order chi connectivity index (χ0) is 25.7. The summed E-state index contributed by atoms with van der Waals surface area (Å²) in [5.41, 5.74) is 2.09. The number of rotatable bonds is 8. The van der Waals surface area contributed by atoms with E-state index in [-0.39, 0.29) is 24.0 Å². The summed E-state index contributed by atoms with van der Waals surface area (Å²) in [4.78, 5) is 32.2. The van der Waals surface area contributed by atoms with Crippen LogP contribution in [0.3, 0.4) is 0 Å². The van der Waals surface area contributed by atoms with E-state index in [2.05, 4.69) is 25.8 Å². The maximum Gasteiger partial charge on any atom is 0.404 e. The Morgan fingerprint density at radius 2 is 1.94 bits per heavy atom. The van der Waals surface area contributed by atoms with Crippen LogP contribution in [0.1, 0.15) is 53.3 Å². The first-order chi connectivity index (χ1) is 17.3. The van der Waals surface area contributed by atoms with Crippen LogP contribution in [-0.4, -0.2) is 45.4 Å². The van der Waals surface area contributed by atoms with E-state index in [1.165, 1.54) is 19.2 Å². The second kappa shape index (κ2) is 11.1. The van der Waals surface area contributed by atoms with E-state index in [9.17, 15) is 14.0 Å². The molecule has 3 aromatic rings. The first kappa shape index (κ1) is 25.1. The summed E-state index contributed by atoms with van der Waals surface area (Å²) in [6, 6.07) is 7.74. The summed E-state index contributed by atoms with van der Waals surface area (Å²) in [6.07, 6.45) is 3.16. The molecule has 0 bridgehead atoms. The minimum absolute atomic E-state index is 0.00488. The minimum Gasteiger partial charge on any atom is -0.494 e. The standard InChI is InChI=1S/C25H28FN5O5/c1-14-28-20(12-21(29-14)24(32)27-13-16-5-8-19(26)22(10-16)35-2)23-11-18(31-36-23)9-15-3-6-17(7-4-15)30-25(33)34/h5,8,10-12,15,17,30H,3-4,6-7,9,13H2,1-2H3,(H,27,32)(H,33,34). The fraction of sp³-hybridized carbons (Fsp3) is 0.400. The highest BCUT2D eigenvalue weighted by molar-refractivity contribution is 5.93. The molecule has 0 aliphatic heterocycles. The van der Waals surface area contributed by atoms with Gasteiger partial charge < -0.3 is 25.0 Å². The summed E-state index contributed by atoms with van der Waals surface area (Å²) in [7, 11) is 1.38. The molecule has 1 saturated carbocycles. The Morgan fingerprint density at radius 3 is 2.67 bits per heavy atom. The number of nitrogens with zero attached hydrogens (tertiary/aromatic N) is 3. The topological polar surface area (TPSA) is 139 Å². The Bertz CT molecular complexity index is 1240. The van der Waals surface area contributed by atoms with Crippen LogP contribution in [0.2, 0.25) is 0 Å². The van der Waals surface area contributed by atoms with Gasteiger partial charge in [0.25, 0.3) is 5.91 Å². The van der Waals surface area contributed by atoms with Crippen molar-refractivity contribution in [2.24, 2.45) is 5.92 Å². The molecule has 2 amide bonds. The molecule has 1 aliphatic carbocycles. The van der Waals surface area contributed by atoms with Crippen LogP contribution in [0.5, 0.6) is 5.75 Å². The van der Waals surface area contributed by atoms with Gasteiger partial charge in [0.2, 0.25) is 0 Å².